The molecule has 6 heteroatoms. The lowest BCUT2D eigenvalue weighted by Gasteiger charge is -2.35. The molecule has 1 N–H and O–H groups in total. The molecular weight excluding hydrogens is 298 g/mol. The predicted molar refractivity (Wildman–Crippen MR) is 93.8 cm³/mol. The number of methoxy groups -OCH3 is 1. The summed E-state index contributed by atoms with van der Waals surface area (Å²) in [6.07, 6.45) is 0. The zero-order valence-electron chi connectivity index (χ0n) is 13.9. The molecule has 1 fully saturated rings. The van der Waals surface area contributed by atoms with E-state index in [-0.39, 0.29) is 12.0 Å². The van der Waals surface area contributed by atoms with E-state index >= 15 is 0 Å². The van der Waals surface area contributed by atoms with Crippen molar-refractivity contribution in [3.8, 4) is 0 Å². The highest BCUT2D eigenvalue weighted by Gasteiger charge is 2.19. The minimum atomic E-state index is -0.294. The molecule has 1 heterocycles. The van der Waals surface area contributed by atoms with E-state index in [1.54, 1.807) is 6.92 Å². The molecule has 0 bridgehead atoms. The van der Waals surface area contributed by atoms with Crippen molar-refractivity contribution in [3.05, 3.63) is 30.3 Å². The molecular formula is C16H27N3O2S. The molecule has 1 saturated heterocycles. The zero-order valence-corrected chi connectivity index (χ0v) is 14.7. The monoisotopic (exact) mass is 325 g/mol. The van der Waals surface area contributed by atoms with Gasteiger partial charge in [-0.3, -0.25) is 4.79 Å². The molecule has 0 radical (unpaired) electrons. The van der Waals surface area contributed by atoms with Crippen LogP contribution in [0, 0.1) is 0 Å². The van der Waals surface area contributed by atoms with E-state index in [0.29, 0.717) is 0 Å². The Kier molecular flexibility index (Phi) is 8.96. The van der Waals surface area contributed by atoms with Crippen molar-refractivity contribution >= 4 is 23.8 Å². The standard InChI is InChI=1S/C14H21N3O2S.C2H6/c1-12(14(18)19-2)15-20-17-10-8-16(9-11-17)13-6-4-3-5-7-13;1-2/h3-7,12,15H,8-11H2,1-2H3;1-2H3/t12-;/m1./s1. The SMILES string of the molecule is CC.COC(=O)[C@@H](C)NSN1CCN(c2ccccc2)CC1. The molecule has 1 aromatic carbocycles. The van der Waals surface area contributed by atoms with E-state index in [4.69, 9.17) is 0 Å². The maximum absolute atomic E-state index is 11.3. The number of rotatable bonds is 5. The zero-order chi connectivity index (χ0) is 16.4. The van der Waals surface area contributed by atoms with E-state index in [1.807, 2.05) is 19.9 Å². The summed E-state index contributed by atoms with van der Waals surface area (Å²) in [6.45, 7) is 9.70. The van der Waals surface area contributed by atoms with Gasteiger partial charge < -0.3 is 9.64 Å². The van der Waals surface area contributed by atoms with Crippen LogP contribution < -0.4 is 9.62 Å². The van der Waals surface area contributed by atoms with Crippen molar-refractivity contribution in [3.63, 3.8) is 0 Å². The molecule has 0 spiro atoms. The quantitative estimate of drug-likeness (QED) is 0.663. The lowest BCUT2D eigenvalue weighted by molar-refractivity contribution is -0.142. The number of carbonyl (C=O) groups is 1. The van der Waals surface area contributed by atoms with Gasteiger partial charge in [-0.15, -0.1) is 0 Å². The minimum Gasteiger partial charge on any atom is -0.468 e. The maximum Gasteiger partial charge on any atom is 0.323 e. The van der Waals surface area contributed by atoms with Crippen LogP contribution >= 0.6 is 12.1 Å². The normalized spacial score (nSPS) is 16.5. The van der Waals surface area contributed by atoms with Gasteiger partial charge in [-0.05, 0) is 19.1 Å². The largest absolute Gasteiger partial charge is 0.468 e. The van der Waals surface area contributed by atoms with E-state index < -0.39 is 0 Å². The number of nitrogens with zero attached hydrogens (tertiary/aromatic N) is 2. The number of anilines is 1. The second kappa shape index (κ2) is 10.5. The van der Waals surface area contributed by atoms with Gasteiger partial charge in [0.25, 0.3) is 0 Å². The molecule has 0 amide bonds. The average Bonchev–Trinajstić information content (AvgIpc) is 2.62. The summed E-state index contributed by atoms with van der Waals surface area (Å²) in [6, 6.07) is 10.2. The molecule has 0 aliphatic carbocycles. The summed E-state index contributed by atoms with van der Waals surface area (Å²) in [5.41, 5.74) is 1.27. The summed E-state index contributed by atoms with van der Waals surface area (Å²) < 4.78 is 10.0. The van der Waals surface area contributed by atoms with E-state index in [0.717, 1.165) is 26.2 Å². The molecule has 1 aliphatic rings. The fourth-order valence-corrected chi connectivity index (χ4v) is 2.80. The number of hydrogen-bond donors (Lipinski definition) is 1. The van der Waals surface area contributed by atoms with Gasteiger partial charge in [-0.25, -0.2) is 9.03 Å². The summed E-state index contributed by atoms with van der Waals surface area (Å²) in [5.74, 6) is -0.236. The van der Waals surface area contributed by atoms with Gasteiger partial charge in [-0.1, -0.05) is 32.0 Å². The van der Waals surface area contributed by atoms with Crippen LogP contribution in [0.4, 0.5) is 5.69 Å². The third kappa shape index (κ3) is 5.87. The van der Waals surface area contributed by atoms with Crippen molar-refractivity contribution < 1.29 is 9.53 Å². The lowest BCUT2D eigenvalue weighted by atomic mass is 10.2. The van der Waals surface area contributed by atoms with E-state index in [2.05, 4.69) is 42.9 Å². The minimum absolute atomic E-state index is 0.236. The summed E-state index contributed by atoms with van der Waals surface area (Å²) in [5, 5.41) is 0. The number of esters is 1. The number of para-hydroxylation sites is 1. The van der Waals surface area contributed by atoms with Crippen molar-refractivity contribution in [1.82, 2.24) is 9.03 Å². The Morgan fingerprint density at radius 1 is 1.18 bits per heavy atom. The van der Waals surface area contributed by atoms with Crippen LogP contribution in [0.3, 0.4) is 0 Å². The first-order chi connectivity index (χ1) is 10.7. The Hall–Kier alpha value is -1.24. The lowest BCUT2D eigenvalue weighted by Crippen LogP contribution is -2.45. The topological polar surface area (TPSA) is 44.8 Å². The van der Waals surface area contributed by atoms with Crippen LogP contribution in [0.2, 0.25) is 0 Å². The smallest absolute Gasteiger partial charge is 0.323 e. The average molecular weight is 325 g/mol. The third-order valence-corrected chi connectivity index (χ3v) is 4.36. The maximum atomic E-state index is 11.3. The fraction of sp³-hybridized carbons (Fsp3) is 0.562. The highest BCUT2D eigenvalue weighted by atomic mass is 32.2. The Bertz CT molecular complexity index is 423. The van der Waals surface area contributed by atoms with Crippen LogP contribution in [-0.2, 0) is 9.53 Å². The van der Waals surface area contributed by atoms with Crippen LogP contribution in [0.25, 0.3) is 0 Å². The van der Waals surface area contributed by atoms with Crippen molar-refractivity contribution in [2.45, 2.75) is 26.8 Å². The van der Waals surface area contributed by atoms with Crippen molar-refractivity contribution in [1.29, 1.82) is 0 Å². The molecule has 0 aromatic heterocycles. The second-order valence-electron chi connectivity index (χ2n) is 4.71. The Balaban J connectivity index is 0.00000116. The number of piperazine rings is 1. The molecule has 22 heavy (non-hydrogen) atoms. The van der Waals surface area contributed by atoms with Crippen LogP contribution in [0.1, 0.15) is 20.8 Å². The highest BCUT2D eigenvalue weighted by molar-refractivity contribution is 7.95. The number of nitrogens with one attached hydrogen (secondary N) is 1. The predicted octanol–water partition coefficient (Wildman–Crippen LogP) is 2.55. The molecule has 0 saturated carbocycles. The van der Waals surface area contributed by atoms with Gasteiger partial charge in [0.1, 0.15) is 6.04 Å². The highest BCUT2D eigenvalue weighted by Crippen LogP contribution is 2.18. The molecule has 5 nitrogen and oxygen atoms in total. The molecule has 1 aromatic rings. The summed E-state index contributed by atoms with van der Waals surface area (Å²) in [4.78, 5) is 13.7. The molecule has 124 valence electrons. The summed E-state index contributed by atoms with van der Waals surface area (Å²) >= 11 is 1.50. The van der Waals surface area contributed by atoms with Crippen LogP contribution in [0.5, 0.6) is 0 Å². The Morgan fingerprint density at radius 3 is 2.32 bits per heavy atom. The number of ether oxygens (including phenoxy) is 1. The molecule has 2 rings (SSSR count). The van der Waals surface area contributed by atoms with Gasteiger partial charge in [0.05, 0.1) is 7.11 Å². The van der Waals surface area contributed by atoms with Crippen molar-refractivity contribution in [2.24, 2.45) is 0 Å². The first-order valence-corrected chi connectivity index (χ1v) is 8.53. The van der Waals surface area contributed by atoms with Gasteiger partial charge in [0, 0.05) is 44.0 Å². The number of carbonyl (C=O) groups excluding carboxylic acids is 1. The third-order valence-electron chi connectivity index (χ3n) is 3.27. The van der Waals surface area contributed by atoms with Gasteiger partial charge in [0.2, 0.25) is 0 Å². The fourth-order valence-electron chi connectivity index (χ4n) is 2.05. The van der Waals surface area contributed by atoms with Crippen molar-refractivity contribution in [2.75, 3.05) is 38.2 Å². The Morgan fingerprint density at radius 2 is 1.77 bits per heavy atom. The molecule has 0 unspecified atom stereocenters. The summed E-state index contributed by atoms with van der Waals surface area (Å²) in [7, 11) is 1.41. The molecule has 1 atom stereocenters. The van der Waals surface area contributed by atoms with Gasteiger partial charge >= 0.3 is 5.97 Å². The van der Waals surface area contributed by atoms with E-state index in [1.165, 1.54) is 24.9 Å². The van der Waals surface area contributed by atoms with Gasteiger partial charge in [0.15, 0.2) is 0 Å². The number of hydrogen-bond acceptors (Lipinski definition) is 6. The van der Waals surface area contributed by atoms with Crippen LogP contribution in [0.15, 0.2) is 30.3 Å². The van der Waals surface area contributed by atoms with Gasteiger partial charge in [-0.2, -0.15) is 0 Å². The first-order valence-electron chi connectivity index (χ1n) is 7.76. The second-order valence-corrected chi connectivity index (χ2v) is 5.64. The Labute approximate surface area is 138 Å². The van der Waals surface area contributed by atoms with E-state index in [9.17, 15) is 4.79 Å². The molecule has 1 aliphatic heterocycles. The first kappa shape index (κ1) is 18.8. The van der Waals surface area contributed by atoms with Crippen LogP contribution in [-0.4, -0.2) is 49.6 Å². The number of benzene rings is 1.